The van der Waals surface area contributed by atoms with Crippen LogP contribution in [0.3, 0.4) is 0 Å². The molecule has 4 rings (SSSR count). The standard InChI is InChI=1S/C22H27NO8/c1-10(5-6-13(25)15-14(26)8-23-20(15)28)7-11(2)17-12(3)18-16(27)19-22(9-24,31-19)21(4,29-17)30-18/h5-7,11-12,17-19,24-25H,8-9H2,1-4H3,(H,23,28)/b6-5+,10-7+,15-13+/t11-,12-,17-,18+,19-,21+,22+/m1/s1. The van der Waals surface area contributed by atoms with Crippen LogP contribution in [-0.2, 0) is 28.6 Å². The van der Waals surface area contributed by atoms with E-state index in [1.807, 2.05) is 26.8 Å². The zero-order valence-electron chi connectivity index (χ0n) is 17.9. The second kappa shape index (κ2) is 7.37. The van der Waals surface area contributed by atoms with Gasteiger partial charge in [-0.3, -0.25) is 14.4 Å². The number of Topliss-reactive ketones (excluding diaryl/α,β-unsaturated/α-hetero) is 2. The molecule has 4 heterocycles. The molecule has 0 aromatic rings. The third-order valence-corrected chi connectivity index (χ3v) is 6.67. The van der Waals surface area contributed by atoms with Crippen LogP contribution in [0.4, 0.5) is 0 Å². The van der Waals surface area contributed by atoms with Crippen molar-refractivity contribution in [2.45, 2.75) is 57.4 Å². The van der Waals surface area contributed by atoms with Crippen LogP contribution in [0.15, 0.2) is 35.1 Å². The fraction of sp³-hybridized carbons (Fsp3) is 0.591. The molecule has 0 aliphatic carbocycles. The van der Waals surface area contributed by atoms with Gasteiger partial charge in [0.25, 0.3) is 5.91 Å². The molecular formula is C22H27NO8. The molecule has 1 amide bonds. The van der Waals surface area contributed by atoms with Gasteiger partial charge < -0.3 is 29.7 Å². The topological polar surface area (TPSA) is 135 Å². The van der Waals surface area contributed by atoms with Gasteiger partial charge in [0, 0.05) is 11.8 Å². The molecule has 4 fully saturated rings. The number of carbonyl (C=O) groups excluding carboxylic acids is 3. The molecule has 4 aliphatic heterocycles. The molecule has 9 nitrogen and oxygen atoms in total. The van der Waals surface area contributed by atoms with Crippen LogP contribution < -0.4 is 5.32 Å². The summed E-state index contributed by atoms with van der Waals surface area (Å²) in [6.45, 7) is 6.84. The lowest BCUT2D eigenvalue weighted by atomic mass is 9.78. The Kier molecular flexibility index (Phi) is 5.20. The number of aliphatic hydroxyl groups is 2. The Labute approximate surface area is 179 Å². The van der Waals surface area contributed by atoms with Crippen molar-refractivity contribution >= 4 is 17.5 Å². The number of hydrogen-bond acceptors (Lipinski definition) is 8. The van der Waals surface area contributed by atoms with E-state index in [1.165, 1.54) is 6.08 Å². The second-order valence-electron chi connectivity index (χ2n) is 8.84. The number of rotatable bonds is 5. The van der Waals surface area contributed by atoms with Gasteiger partial charge in [0.2, 0.25) is 5.79 Å². The lowest BCUT2D eigenvalue weighted by molar-refractivity contribution is -0.355. The van der Waals surface area contributed by atoms with E-state index in [2.05, 4.69) is 5.32 Å². The first-order valence-corrected chi connectivity index (χ1v) is 10.3. The normalized spacial score (nSPS) is 42.5. The molecule has 7 atom stereocenters. The van der Waals surface area contributed by atoms with Gasteiger partial charge in [0.05, 0.1) is 19.3 Å². The first kappa shape index (κ1) is 21.9. The van der Waals surface area contributed by atoms with E-state index in [4.69, 9.17) is 14.2 Å². The highest BCUT2D eigenvalue weighted by atomic mass is 16.8. The fourth-order valence-electron chi connectivity index (χ4n) is 4.82. The third-order valence-electron chi connectivity index (χ3n) is 6.67. The van der Waals surface area contributed by atoms with Crippen LogP contribution in [0.1, 0.15) is 27.7 Å². The molecule has 0 saturated carbocycles. The number of ether oxygens (including phenoxy) is 3. The molecule has 9 heteroatoms. The Morgan fingerprint density at radius 3 is 2.58 bits per heavy atom. The van der Waals surface area contributed by atoms with Crippen LogP contribution in [0.25, 0.3) is 0 Å². The van der Waals surface area contributed by atoms with Crippen LogP contribution >= 0.6 is 0 Å². The van der Waals surface area contributed by atoms with Crippen LogP contribution in [0.5, 0.6) is 0 Å². The average molecular weight is 433 g/mol. The molecule has 168 valence electrons. The summed E-state index contributed by atoms with van der Waals surface area (Å²) >= 11 is 0. The molecule has 4 aliphatic rings. The fourth-order valence-corrected chi connectivity index (χ4v) is 4.82. The molecule has 3 N–H and O–H groups in total. The number of aliphatic hydroxyl groups excluding tert-OH is 2. The zero-order chi connectivity index (χ0) is 22.7. The summed E-state index contributed by atoms with van der Waals surface area (Å²) in [6, 6.07) is 0. The van der Waals surface area contributed by atoms with Crippen molar-refractivity contribution in [1.29, 1.82) is 0 Å². The van der Waals surface area contributed by atoms with E-state index < -0.39 is 35.3 Å². The number of amides is 1. The average Bonchev–Trinajstić information content (AvgIpc) is 3.40. The van der Waals surface area contributed by atoms with Gasteiger partial charge in [0.1, 0.15) is 17.4 Å². The predicted octanol–water partition coefficient (Wildman–Crippen LogP) is 0.485. The number of carbonyl (C=O) groups is 3. The maximum Gasteiger partial charge on any atom is 0.259 e. The van der Waals surface area contributed by atoms with E-state index in [0.29, 0.717) is 0 Å². The maximum absolute atomic E-state index is 12.7. The van der Waals surface area contributed by atoms with E-state index in [9.17, 15) is 24.6 Å². The van der Waals surface area contributed by atoms with Crippen LogP contribution in [0, 0.1) is 11.8 Å². The summed E-state index contributed by atoms with van der Waals surface area (Å²) in [5.41, 5.74) is -0.637. The lowest BCUT2D eigenvalue weighted by Crippen LogP contribution is -2.67. The van der Waals surface area contributed by atoms with Gasteiger partial charge in [-0.1, -0.05) is 31.6 Å². The number of allylic oxidation sites excluding steroid dienone is 3. The maximum atomic E-state index is 12.7. The number of fused-ring (bicyclic) bond motifs is 4. The van der Waals surface area contributed by atoms with E-state index in [0.717, 1.165) is 5.57 Å². The highest BCUT2D eigenvalue weighted by molar-refractivity contribution is 6.25. The minimum atomic E-state index is -1.23. The summed E-state index contributed by atoms with van der Waals surface area (Å²) < 4.78 is 17.8. The minimum absolute atomic E-state index is 0.116. The van der Waals surface area contributed by atoms with Crippen LogP contribution in [0.2, 0.25) is 0 Å². The Balaban J connectivity index is 1.53. The van der Waals surface area contributed by atoms with Crippen molar-refractivity contribution < 1.29 is 38.8 Å². The summed E-state index contributed by atoms with van der Waals surface area (Å²) in [5, 5.41) is 22.3. The Hall–Kier alpha value is -2.33. The molecule has 31 heavy (non-hydrogen) atoms. The number of ketones is 2. The highest BCUT2D eigenvalue weighted by Crippen LogP contribution is 2.57. The van der Waals surface area contributed by atoms with Gasteiger partial charge in [-0.25, -0.2) is 0 Å². The number of nitrogens with one attached hydrogen (secondary N) is 1. The first-order chi connectivity index (χ1) is 14.5. The minimum Gasteiger partial charge on any atom is -0.507 e. The van der Waals surface area contributed by atoms with Gasteiger partial charge in [-0.05, 0) is 19.9 Å². The largest absolute Gasteiger partial charge is 0.507 e. The summed E-state index contributed by atoms with van der Waals surface area (Å²) in [7, 11) is 0. The van der Waals surface area contributed by atoms with Gasteiger partial charge in [0.15, 0.2) is 23.3 Å². The highest BCUT2D eigenvalue weighted by Gasteiger charge is 2.78. The first-order valence-electron chi connectivity index (χ1n) is 10.3. The SMILES string of the molecule is CC(/C=C/C(O)=C1/C(=O)CNC1=O)=C\[C@@H](C)[C@H]1O[C@@]2(C)O[C@H](C(=O)[C@H]3O[C@@]32CO)[C@@H]1C. The van der Waals surface area contributed by atoms with E-state index >= 15 is 0 Å². The Morgan fingerprint density at radius 2 is 1.97 bits per heavy atom. The Morgan fingerprint density at radius 1 is 1.26 bits per heavy atom. The molecule has 0 radical (unpaired) electrons. The van der Waals surface area contributed by atoms with Gasteiger partial charge >= 0.3 is 0 Å². The summed E-state index contributed by atoms with van der Waals surface area (Å²) in [5.74, 6) is -3.20. The van der Waals surface area contributed by atoms with Crippen molar-refractivity contribution in [3.8, 4) is 0 Å². The van der Waals surface area contributed by atoms with Gasteiger partial charge in [-0.15, -0.1) is 0 Å². The molecule has 0 aromatic heterocycles. The molecule has 4 saturated heterocycles. The van der Waals surface area contributed by atoms with Crippen LogP contribution in [-0.4, -0.2) is 70.5 Å². The number of hydrogen-bond donors (Lipinski definition) is 3. The molecule has 2 bridgehead atoms. The third kappa shape index (κ3) is 3.27. The molecule has 0 unspecified atom stereocenters. The van der Waals surface area contributed by atoms with Crippen molar-refractivity contribution in [3.05, 3.63) is 35.1 Å². The van der Waals surface area contributed by atoms with Crippen molar-refractivity contribution in [3.63, 3.8) is 0 Å². The van der Waals surface area contributed by atoms with Crippen molar-refractivity contribution in [2.24, 2.45) is 11.8 Å². The summed E-state index contributed by atoms with van der Waals surface area (Å²) in [6.07, 6.45) is 3.07. The van der Waals surface area contributed by atoms with Crippen molar-refractivity contribution in [1.82, 2.24) is 5.32 Å². The lowest BCUT2D eigenvalue weighted by Gasteiger charge is -2.51. The molecule has 0 aromatic carbocycles. The van der Waals surface area contributed by atoms with Gasteiger partial charge in [-0.2, -0.15) is 0 Å². The van der Waals surface area contributed by atoms with Crippen molar-refractivity contribution in [2.75, 3.05) is 13.2 Å². The monoisotopic (exact) mass is 433 g/mol. The second-order valence-corrected chi connectivity index (χ2v) is 8.84. The van der Waals surface area contributed by atoms with E-state index in [1.54, 1.807) is 13.0 Å². The molecular weight excluding hydrogens is 406 g/mol. The predicted molar refractivity (Wildman–Crippen MR) is 107 cm³/mol. The number of epoxide rings is 1. The van der Waals surface area contributed by atoms with E-state index in [-0.39, 0.29) is 48.2 Å². The quantitative estimate of drug-likeness (QED) is 0.187. The smallest absolute Gasteiger partial charge is 0.259 e. The Bertz CT molecular complexity index is 918. The zero-order valence-corrected chi connectivity index (χ0v) is 17.9. The summed E-state index contributed by atoms with van der Waals surface area (Å²) in [4.78, 5) is 36.0. The molecule has 0 spiro atoms.